The van der Waals surface area contributed by atoms with Crippen LogP contribution in [0.5, 0.6) is 0 Å². The predicted octanol–water partition coefficient (Wildman–Crippen LogP) is 0.570. The number of nitrogens with zero attached hydrogens (tertiary/aromatic N) is 3. The average molecular weight is 236 g/mol. The highest BCUT2D eigenvalue weighted by Crippen LogP contribution is 2.20. The second kappa shape index (κ2) is 4.98. The van der Waals surface area contributed by atoms with E-state index in [0.29, 0.717) is 11.7 Å². The highest BCUT2D eigenvalue weighted by Gasteiger charge is 2.26. The fourth-order valence-corrected chi connectivity index (χ4v) is 2.33. The van der Waals surface area contributed by atoms with Gasteiger partial charge in [-0.25, -0.2) is 9.97 Å². The zero-order valence-electron chi connectivity index (χ0n) is 10.4. The molecule has 0 bridgehead atoms. The maximum absolute atomic E-state index is 9.55. The maximum atomic E-state index is 9.55. The molecule has 94 valence electrons. The summed E-state index contributed by atoms with van der Waals surface area (Å²) in [5.41, 5.74) is 6.60. The molecule has 0 radical (unpaired) electrons. The second-order valence-electron chi connectivity index (χ2n) is 4.87. The van der Waals surface area contributed by atoms with Gasteiger partial charge in [0.2, 0.25) is 0 Å². The third kappa shape index (κ3) is 3.14. The van der Waals surface area contributed by atoms with Crippen molar-refractivity contribution in [2.24, 2.45) is 5.92 Å². The Morgan fingerprint density at radius 1 is 1.59 bits per heavy atom. The van der Waals surface area contributed by atoms with Crippen molar-refractivity contribution < 1.29 is 5.11 Å². The molecule has 2 rings (SSSR count). The molecule has 0 aliphatic carbocycles. The van der Waals surface area contributed by atoms with Crippen molar-refractivity contribution >= 4 is 5.82 Å². The van der Waals surface area contributed by atoms with Crippen LogP contribution in [0.25, 0.3) is 0 Å². The molecule has 2 heterocycles. The molecule has 5 nitrogen and oxygen atoms in total. The van der Waals surface area contributed by atoms with Gasteiger partial charge in [-0.15, -0.1) is 0 Å². The third-order valence-electron chi connectivity index (χ3n) is 3.28. The Morgan fingerprint density at radius 3 is 2.94 bits per heavy atom. The highest BCUT2D eigenvalue weighted by atomic mass is 16.3. The van der Waals surface area contributed by atoms with Gasteiger partial charge in [0.1, 0.15) is 11.6 Å². The third-order valence-corrected chi connectivity index (χ3v) is 3.28. The summed E-state index contributed by atoms with van der Waals surface area (Å²) in [5.74, 6) is 1.67. The van der Waals surface area contributed by atoms with Crippen molar-refractivity contribution in [3.63, 3.8) is 0 Å². The van der Waals surface area contributed by atoms with Gasteiger partial charge in [0, 0.05) is 18.3 Å². The lowest BCUT2D eigenvalue weighted by atomic mass is 10.0. The molecule has 1 aromatic heterocycles. The molecule has 1 fully saturated rings. The van der Waals surface area contributed by atoms with E-state index in [2.05, 4.69) is 14.9 Å². The Bertz CT molecular complexity index is 374. The minimum Gasteiger partial charge on any atom is -0.393 e. The molecule has 1 aromatic rings. The minimum absolute atomic E-state index is 0.233. The van der Waals surface area contributed by atoms with Gasteiger partial charge in [0.25, 0.3) is 0 Å². The summed E-state index contributed by atoms with van der Waals surface area (Å²) in [6, 6.07) is 1.77. The number of nitrogen functional groups attached to an aromatic ring is 1. The van der Waals surface area contributed by atoms with Gasteiger partial charge in [-0.1, -0.05) is 0 Å². The van der Waals surface area contributed by atoms with Crippen LogP contribution in [0.4, 0.5) is 5.82 Å². The van der Waals surface area contributed by atoms with E-state index in [0.717, 1.165) is 37.6 Å². The number of rotatable bonds is 3. The van der Waals surface area contributed by atoms with Crippen LogP contribution in [0.3, 0.4) is 0 Å². The SMILES string of the molecule is Cc1cc(N)nc(CN2CCC(C(C)O)C2)n1. The Morgan fingerprint density at radius 2 is 2.35 bits per heavy atom. The van der Waals surface area contributed by atoms with E-state index in [1.165, 1.54) is 0 Å². The molecule has 2 atom stereocenters. The van der Waals surface area contributed by atoms with Crippen molar-refractivity contribution in [1.29, 1.82) is 0 Å². The number of aliphatic hydroxyl groups is 1. The first-order chi connectivity index (χ1) is 8.04. The van der Waals surface area contributed by atoms with Crippen LogP contribution in [0.1, 0.15) is 24.9 Å². The first-order valence-corrected chi connectivity index (χ1v) is 6.05. The first-order valence-electron chi connectivity index (χ1n) is 6.05. The zero-order valence-corrected chi connectivity index (χ0v) is 10.4. The number of nitrogens with two attached hydrogens (primary N) is 1. The zero-order chi connectivity index (χ0) is 12.4. The van der Waals surface area contributed by atoms with Crippen LogP contribution in [-0.2, 0) is 6.54 Å². The van der Waals surface area contributed by atoms with Gasteiger partial charge in [-0.2, -0.15) is 0 Å². The van der Waals surface area contributed by atoms with E-state index < -0.39 is 0 Å². The monoisotopic (exact) mass is 236 g/mol. The molecule has 0 aromatic carbocycles. The van der Waals surface area contributed by atoms with Crippen LogP contribution in [-0.4, -0.2) is 39.2 Å². The fourth-order valence-electron chi connectivity index (χ4n) is 2.33. The summed E-state index contributed by atoms with van der Waals surface area (Å²) in [5, 5.41) is 9.55. The summed E-state index contributed by atoms with van der Waals surface area (Å²) < 4.78 is 0. The number of aromatic nitrogens is 2. The second-order valence-corrected chi connectivity index (χ2v) is 4.87. The van der Waals surface area contributed by atoms with E-state index in [4.69, 9.17) is 5.73 Å². The number of aliphatic hydroxyl groups excluding tert-OH is 1. The predicted molar refractivity (Wildman–Crippen MR) is 66.2 cm³/mol. The Kier molecular flexibility index (Phi) is 3.59. The van der Waals surface area contributed by atoms with Crippen LogP contribution in [0, 0.1) is 12.8 Å². The molecule has 1 saturated heterocycles. The van der Waals surface area contributed by atoms with Crippen molar-refractivity contribution in [3.8, 4) is 0 Å². The molecule has 3 N–H and O–H groups in total. The van der Waals surface area contributed by atoms with Gasteiger partial charge in [0.05, 0.1) is 12.6 Å². The Hall–Kier alpha value is -1.20. The van der Waals surface area contributed by atoms with Gasteiger partial charge in [-0.05, 0) is 32.7 Å². The number of aryl methyl sites for hydroxylation is 1. The average Bonchev–Trinajstić information content (AvgIpc) is 2.64. The largest absolute Gasteiger partial charge is 0.393 e. The fraction of sp³-hybridized carbons (Fsp3) is 0.667. The van der Waals surface area contributed by atoms with E-state index >= 15 is 0 Å². The van der Waals surface area contributed by atoms with Gasteiger partial charge >= 0.3 is 0 Å². The van der Waals surface area contributed by atoms with Crippen LogP contribution in [0.2, 0.25) is 0 Å². The summed E-state index contributed by atoms with van der Waals surface area (Å²) in [6.45, 7) is 6.40. The van der Waals surface area contributed by atoms with Crippen molar-refractivity contribution in [2.75, 3.05) is 18.8 Å². The quantitative estimate of drug-likeness (QED) is 0.802. The van der Waals surface area contributed by atoms with Crippen LogP contribution < -0.4 is 5.73 Å². The molecule has 17 heavy (non-hydrogen) atoms. The topological polar surface area (TPSA) is 75.3 Å². The Labute approximate surface area is 102 Å². The minimum atomic E-state index is -0.233. The molecular formula is C12H20N4O. The lowest BCUT2D eigenvalue weighted by Gasteiger charge is -2.16. The number of likely N-dealkylation sites (tertiary alicyclic amines) is 1. The molecule has 5 heteroatoms. The number of hydrogen-bond donors (Lipinski definition) is 2. The summed E-state index contributed by atoms with van der Waals surface area (Å²) >= 11 is 0. The van der Waals surface area contributed by atoms with Crippen molar-refractivity contribution in [2.45, 2.75) is 32.9 Å². The van der Waals surface area contributed by atoms with Crippen molar-refractivity contribution in [3.05, 3.63) is 17.6 Å². The summed E-state index contributed by atoms with van der Waals surface area (Å²) in [6.07, 6.45) is 0.808. The van der Waals surface area contributed by atoms with E-state index in [-0.39, 0.29) is 6.10 Å². The van der Waals surface area contributed by atoms with Gasteiger partial charge in [0.15, 0.2) is 0 Å². The molecular weight excluding hydrogens is 216 g/mol. The lowest BCUT2D eigenvalue weighted by molar-refractivity contribution is 0.127. The first kappa shape index (κ1) is 12.3. The number of hydrogen-bond acceptors (Lipinski definition) is 5. The van der Waals surface area contributed by atoms with Crippen LogP contribution in [0.15, 0.2) is 6.07 Å². The normalized spacial score (nSPS) is 22.9. The molecule has 2 unspecified atom stereocenters. The summed E-state index contributed by atoms with van der Waals surface area (Å²) in [7, 11) is 0. The van der Waals surface area contributed by atoms with Crippen molar-refractivity contribution in [1.82, 2.24) is 14.9 Å². The standard InChI is InChI=1S/C12H20N4O/c1-8-5-11(13)15-12(14-8)7-16-4-3-10(6-16)9(2)17/h5,9-10,17H,3-4,6-7H2,1-2H3,(H2,13,14,15). The summed E-state index contributed by atoms with van der Waals surface area (Å²) in [4.78, 5) is 10.9. The number of anilines is 1. The Balaban J connectivity index is 1.98. The molecule has 1 aliphatic heterocycles. The molecule has 0 saturated carbocycles. The molecule has 1 aliphatic rings. The smallest absolute Gasteiger partial charge is 0.144 e. The van der Waals surface area contributed by atoms with E-state index in [1.807, 2.05) is 13.8 Å². The van der Waals surface area contributed by atoms with Gasteiger partial charge < -0.3 is 10.8 Å². The maximum Gasteiger partial charge on any atom is 0.144 e. The van der Waals surface area contributed by atoms with Gasteiger partial charge in [-0.3, -0.25) is 4.90 Å². The molecule has 0 amide bonds. The van der Waals surface area contributed by atoms with Crippen LogP contribution >= 0.6 is 0 Å². The molecule has 0 spiro atoms. The van der Waals surface area contributed by atoms with E-state index in [1.54, 1.807) is 6.07 Å². The van der Waals surface area contributed by atoms with E-state index in [9.17, 15) is 5.11 Å². The lowest BCUT2D eigenvalue weighted by Crippen LogP contribution is -2.25. The highest BCUT2D eigenvalue weighted by molar-refractivity contribution is 5.29.